The van der Waals surface area contributed by atoms with Crippen LogP contribution in [0.15, 0.2) is 36.4 Å². The molecule has 2 aromatic rings. The predicted molar refractivity (Wildman–Crippen MR) is 104 cm³/mol. The highest BCUT2D eigenvalue weighted by Gasteiger charge is 2.28. The number of halogens is 1. The fourth-order valence-electron chi connectivity index (χ4n) is 3.75. The van der Waals surface area contributed by atoms with Gasteiger partial charge in [0.25, 0.3) is 0 Å². The number of anilines is 1. The number of carbonyl (C=O) groups is 1. The van der Waals surface area contributed by atoms with Crippen LogP contribution in [0, 0.1) is 23.1 Å². The fraction of sp³-hybridized carbons (Fsp3) is 0.364. The van der Waals surface area contributed by atoms with Crippen molar-refractivity contribution in [3.05, 3.63) is 53.3 Å². The molecule has 5 heteroatoms. The SMILES string of the molecule is CC(C)C(=O)N1CCC(c2cc(-c3ccccc3)c(C#N)c(F)c2N)CC1. The van der Waals surface area contributed by atoms with Gasteiger partial charge < -0.3 is 10.6 Å². The maximum Gasteiger partial charge on any atom is 0.225 e. The normalized spacial score (nSPS) is 15.0. The lowest BCUT2D eigenvalue weighted by molar-refractivity contribution is -0.135. The summed E-state index contributed by atoms with van der Waals surface area (Å²) in [7, 11) is 0. The van der Waals surface area contributed by atoms with Gasteiger partial charge in [-0.05, 0) is 36.0 Å². The second kappa shape index (κ2) is 7.79. The summed E-state index contributed by atoms with van der Waals surface area (Å²) < 4.78 is 14.9. The van der Waals surface area contributed by atoms with Crippen LogP contribution in [0.5, 0.6) is 0 Å². The Morgan fingerprint density at radius 1 is 1.26 bits per heavy atom. The summed E-state index contributed by atoms with van der Waals surface area (Å²) in [6.07, 6.45) is 1.48. The third-order valence-electron chi connectivity index (χ3n) is 5.27. The molecule has 0 unspecified atom stereocenters. The molecule has 0 saturated carbocycles. The van der Waals surface area contributed by atoms with Crippen molar-refractivity contribution >= 4 is 11.6 Å². The molecular weight excluding hydrogens is 341 g/mol. The smallest absolute Gasteiger partial charge is 0.225 e. The first-order valence-electron chi connectivity index (χ1n) is 9.30. The minimum absolute atomic E-state index is 0.0186. The number of carbonyl (C=O) groups excluding carboxylic acids is 1. The second-order valence-corrected chi connectivity index (χ2v) is 7.35. The minimum atomic E-state index is -0.644. The third kappa shape index (κ3) is 3.66. The molecule has 1 aliphatic heterocycles. The van der Waals surface area contributed by atoms with Gasteiger partial charge in [-0.15, -0.1) is 0 Å². The largest absolute Gasteiger partial charge is 0.396 e. The summed E-state index contributed by atoms with van der Waals surface area (Å²) in [4.78, 5) is 14.1. The van der Waals surface area contributed by atoms with Gasteiger partial charge in [-0.2, -0.15) is 5.26 Å². The van der Waals surface area contributed by atoms with Gasteiger partial charge in [0.1, 0.15) is 6.07 Å². The summed E-state index contributed by atoms with van der Waals surface area (Å²) >= 11 is 0. The minimum Gasteiger partial charge on any atom is -0.396 e. The van der Waals surface area contributed by atoms with Crippen molar-refractivity contribution in [1.29, 1.82) is 5.26 Å². The number of nitrogen functional groups attached to an aromatic ring is 1. The quantitative estimate of drug-likeness (QED) is 0.824. The van der Waals surface area contributed by atoms with Crippen LogP contribution >= 0.6 is 0 Å². The van der Waals surface area contributed by atoms with Crippen molar-refractivity contribution in [2.24, 2.45) is 5.92 Å². The lowest BCUT2D eigenvalue weighted by Gasteiger charge is -2.34. The van der Waals surface area contributed by atoms with Gasteiger partial charge in [0.15, 0.2) is 5.82 Å². The van der Waals surface area contributed by atoms with E-state index in [0.717, 1.165) is 24.0 Å². The van der Waals surface area contributed by atoms with Gasteiger partial charge >= 0.3 is 0 Å². The van der Waals surface area contributed by atoms with E-state index in [1.165, 1.54) is 0 Å². The molecule has 1 aliphatic rings. The van der Waals surface area contributed by atoms with Gasteiger partial charge in [-0.25, -0.2) is 4.39 Å². The lowest BCUT2D eigenvalue weighted by Crippen LogP contribution is -2.40. The van der Waals surface area contributed by atoms with Crippen molar-refractivity contribution in [1.82, 2.24) is 4.90 Å². The summed E-state index contributed by atoms with van der Waals surface area (Å²) in [5.41, 5.74) is 8.21. The van der Waals surface area contributed by atoms with Crippen molar-refractivity contribution in [2.75, 3.05) is 18.8 Å². The second-order valence-electron chi connectivity index (χ2n) is 7.35. The van der Waals surface area contributed by atoms with Crippen LogP contribution in [0.4, 0.5) is 10.1 Å². The molecule has 27 heavy (non-hydrogen) atoms. The van der Waals surface area contributed by atoms with Crippen LogP contribution in [-0.4, -0.2) is 23.9 Å². The first kappa shape index (κ1) is 18.9. The summed E-state index contributed by atoms with van der Waals surface area (Å²) in [5.74, 6) is -0.443. The molecule has 2 N–H and O–H groups in total. The molecule has 2 aromatic carbocycles. The van der Waals surface area contributed by atoms with E-state index in [4.69, 9.17) is 5.73 Å². The van der Waals surface area contributed by atoms with E-state index in [-0.39, 0.29) is 29.0 Å². The monoisotopic (exact) mass is 365 g/mol. The van der Waals surface area contributed by atoms with E-state index in [2.05, 4.69) is 0 Å². The molecule has 1 heterocycles. The number of rotatable bonds is 3. The van der Waals surface area contributed by atoms with Gasteiger partial charge in [0, 0.05) is 24.6 Å². The number of hydrogen-bond donors (Lipinski definition) is 1. The Labute approximate surface area is 159 Å². The Balaban J connectivity index is 1.94. The molecule has 1 amide bonds. The highest BCUT2D eigenvalue weighted by Crippen LogP contribution is 2.38. The zero-order valence-electron chi connectivity index (χ0n) is 15.7. The highest BCUT2D eigenvalue weighted by molar-refractivity contribution is 5.78. The summed E-state index contributed by atoms with van der Waals surface area (Å²) in [6, 6.07) is 13.1. The Bertz CT molecular complexity index is 879. The predicted octanol–water partition coefficient (Wildman–Crippen LogP) is 4.31. The maximum absolute atomic E-state index is 14.9. The molecule has 0 bridgehead atoms. The van der Waals surface area contributed by atoms with E-state index in [1.807, 2.05) is 61.2 Å². The van der Waals surface area contributed by atoms with Gasteiger partial charge in [0.2, 0.25) is 5.91 Å². The van der Waals surface area contributed by atoms with E-state index < -0.39 is 5.82 Å². The average Bonchev–Trinajstić information content (AvgIpc) is 2.70. The van der Waals surface area contributed by atoms with Gasteiger partial charge in [0.05, 0.1) is 11.3 Å². The molecule has 140 valence electrons. The molecule has 1 saturated heterocycles. The first-order chi connectivity index (χ1) is 12.9. The number of nitrogens with two attached hydrogens (primary N) is 1. The van der Waals surface area contributed by atoms with Crippen molar-refractivity contribution < 1.29 is 9.18 Å². The Morgan fingerprint density at radius 3 is 2.44 bits per heavy atom. The molecule has 0 radical (unpaired) electrons. The third-order valence-corrected chi connectivity index (χ3v) is 5.27. The molecule has 0 aromatic heterocycles. The fourth-order valence-corrected chi connectivity index (χ4v) is 3.75. The highest BCUT2D eigenvalue weighted by atomic mass is 19.1. The molecular formula is C22H24FN3O. The van der Waals surface area contributed by atoms with Crippen LogP contribution in [0.3, 0.4) is 0 Å². The topological polar surface area (TPSA) is 70.1 Å². The van der Waals surface area contributed by atoms with Crippen molar-refractivity contribution in [3.63, 3.8) is 0 Å². The number of hydrogen-bond acceptors (Lipinski definition) is 3. The Kier molecular flexibility index (Phi) is 5.46. The number of piperidine rings is 1. The van der Waals surface area contributed by atoms with Gasteiger partial charge in [-0.1, -0.05) is 44.2 Å². The zero-order valence-corrected chi connectivity index (χ0v) is 15.7. The van der Waals surface area contributed by atoms with Crippen molar-refractivity contribution in [3.8, 4) is 17.2 Å². The molecule has 0 atom stereocenters. The maximum atomic E-state index is 14.9. The number of likely N-dealkylation sites (tertiary alicyclic amines) is 1. The van der Waals surface area contributed by atoms with Crippen LogP contribution < -0.4 is 5.73 Å². The Morgan fingerprint density at radius 2 is 1.89 bits per heavy atom. The van der Waals surface area contributed by atoms with E-state index in [0.29, 0.717) is 18.7 Å². The lowest BCUT2D eigenvalue weighted by atomic mass is 9.84. The van der Waals surface area contributed by atoms with Crippen LogP contribution in [0.25, 0.3) is 11.1 Å². The van der Waals surface area contributed by atoms with Crippen LogP contribution in [-0.2, 0) is 4.79 Å². The van der Waals surface area contributed by atoms with E-state index in [1.54, 1.807) is 0 Å². The van der Waals surface area contributed by atoms with Gasteiger partial charge in [-0.3, -0.25) is 4.79 Å². The standard InChI is InChI=1S/C22H24FN3O/c1-14(2)22(27)26-10-8-16(9-11-26)18-12-17(15-6-4-3-5-7-15)19(13-24)20(23)21(18)25/h3-7,12,14,16H,8-11,25H2,1-2H3. The summed E-state index contributed by atoms with van der Waals surface area (Å²) in [6.45, 7) is 5.08. The average molecular weight is 365 g/mol. The number of nitriles is 1. The zero-order chi connectivity index (χ0) is 19.6. The number of amides is 1. The molecule has 1 fully saturated rings. The first-order valence-corrected chi connectivity index (χ1v) is 9.30. The van der Waals surface area contributed by atoms with E-state index >= 15 is 0 Å². The number of nitrogens with zero attached hydrogens (tertiary/aromatic N) is 2. The van der Waals surface area contributed by atoms with E-state index in [9.17, 15) is 14.4 Å². The summed E-state index contributed by atoms with van der Waals surface area (Å²) in [5, 5.41) is 9.44. The molecule has 3 rings (SSSR count). The number of benzene rings is 2. The van der Waals surface area contributed by atoms with Crippen molar-refractivity contribution in [2.45, 2.75) is 32.6 Å². The molecule has 0 spiro atoms. The molecule has 4 nitrogen and oxygen atoms in total. The Hall–Kier alpha value is -2.87. The molecule has 0 aliphatic carbocycles. The van der Waals surface area contributed by atoms with Crippen LogP contribution in [0.1, 0.15) is 43.7 Å². The van der Waals surface area contributed by atoms with Crippen LogP contribution in [0.2, 0.25) is 0 Å².